The lowest BCUT2D eigenvalue weighted by molar-refractivity contribution is 1.27. The van der Waals surface area contributed by atoms with Gasteiger partial charge in [-0.05, 0) is 23.4 Å². The number of aromatic nitrogens is 1. The summed E-state index contributed by atoms with van der Waals surface area (Å²) in [4.78, 5) is 4.53. The van der Waals surface area contributed by atoms with Gasteiger partial charge in [-0.2, -0.15) is 0 Å². The van der Waals surface area contributed by atoms with Gasteiger partial charge in [-0.3, -0.25) is 4.98 Å². The van der Waals surface area contributed by atoms with Crippen molar-refractivity contribution in [1.29, 1.82) is 0 Å². The number of hydrogen-bond donors (Lipinski definition) is 0. The summed E-state index contributed by atoms with van der Waals surface area (Å²) in [5.41, 5.74) is 3.48. The molecule has 0 spiro atoms. The van der Waals surface area contributed by atoms with Crippen LogP contribution in [0, 0.1) is 0 Å². The molecule has 3 aromatic rings. The van der Waals surface area contributed by atoms with E-state index < -0.39 is 0 Å². The van der Waals surface area contributed by atoms with Crippen LogP contribution in [-0.2, 0) is 6.42 Å². The second-order valence-electron chi connectivity index (χ2n) is 4.57. The number of allylic oxidation sites excluding steroid dienone is 1. The largest absolute Gasteiger partial charge is 0.256 e. The maximum atomic E-state index is 4.53. The lowest BCUT2D eigenvalue weighted by Gasteiger charge is -2.06. The Morgan fingerprint density at radius 1 is 0.947 bits per heavy atom. The summed E-state index contributed by atoms with van der Waals surface area (Å²) in [5.74, 6) is 0. The third-order valence-electron chi connectivity index (χ3n) is 3.28. The second-order valence-corrected chi connectivity index (χ2v) is 4.57. The molecular formula is C18H15N. The molecule has 1 heterocycles. The smallest absolute Gasteiger partial charge is 0.0780 e. The minimum atomic E-state index is 0.906. The van der Waals surface area contributed by atoms with E-state index in [2.05, 4.69) is 60.1 Å². The number of hydrogen-bond acceptors (Lipinski definition) is 1. The van der Waals surface area contributed by atoms with E-state index in [0.29, 0.717) is 0 Å². The van der Waals surface area contributed by atoms with Crippen molar-refractivity contribution in [1.82, 2.24) is 4.98 Å². The minimum Gasteiger partial charge on any atom is -0.256 e. The lowest BCUT2D eigenvalue weighted by atomic mass is 10.0. The molecule has 0 bridgehead atoms. The Balaban J connectivity index is 2.11. The summed E-state index contributed by atoms with van der Waals surface area (Å²) >= 11 is 0. The molecule has 2 aromatic carbocycles. The first kappa shape index (κ1) is 11.7. The predicted octanol–water partition coefficient (Wildman–Crippen LogP) is 4.63. The van der Waals surface area contributed by atoms with E-state index >= 15 is 0 Å². The Morgan fingerprint density at radius 3 is 2.53 bits per heavy atom. The molecule has 0 N–H and O–H groups in total. The summed E-state index contributed by atoms with van der Waals surface area (Å²) in [6.07, 6.45) is 4.70. The molecule has 0 saturated heterocycles. The summed E-state index contributed by atoms with van der Waals surface area (Å²) in [6.45, 7) is 3.77. The van der Waals surface area contributed by atoms with Gasteiger partial charge in [0, 0.05) is 17.1 Å². The highest BCUT2D eigenvalue weighted by atomic mass is 14.7. The van der Waals surface area contributed by atoms with Gasteiger partial charge in [0.15, 0.2) is 0 Å². The van der Waals surface area contributed by atoms with Crippen LogP contribution in [0.25, 0.3) is 22.0 Å². The molecule has 0 radical (unpaired) electrons. The van der Waals surface area contributed by atoms with Crippen molar-refractivity contribution >= 4 is 10.8 Å². The van der Waals surface area contributed by atoms with Crippen LogP contribution in [0.15, 0.2) is 73.4 Å². The summed E-state index contributed by atoms with van der Waals surface area (Å²) in [6, 6.07) is 18.9. The molecule has 0 atom stereocenters. The summed E-state index contributed by atoms with van der Waals surface area (Å²) in [5, 5.41) is 2.42. The van der Waals surface area contributed by atoms with Crippen molar-refractivity contribution in [2.45, 2.75) is 6.42 Å². The maximum absolute atomic E-state index is 4.53. The molecule has 3 rings (SSSR count). The number of nitrogens with zero attached hydrogens (tertiary/aromatic N) is 1. The van der Waals surface area contributed by atoms with Crippen LogP contribution in [0.4, 0.5) is 0 Å². The van der Waals surface area contributed by atoms with Crippen LogP contribution < -0.4 is 0 Å². The topological polar surface area (TPSA) is 12.9 Å². The van der Waals surface area contributed by atoms with E-state index in [1.165, 1.54) is 16.3 Å². The normalized spacial score (nSPS) is 10.5. The molecule has 0 amide bonds. The maximum Gasteiger partial charge on any atom is 0.0780 e. The SMILES string of the molecule is C=CCc1ccc(-c2nccc3ccccc23)cc1. The molecule has 1 heteroatoms. The predicted molar refractivity (Wildman–Crippen MR) is 81.1 cm³/mol. The minimum absolute atomic E-state index is 0.906. The Labute approximate surface area is 113 Å². The Kier molecular flexibility index (Phi) is 3.11. The molecular weight excluding hydrogens is 230 g/mol. The fraction of sp³-hybridized carbons (Fsp3) is 0.0556. The van der Waals surface area contributed by atoms with E-state index in [9.17, 15) is 0 Å². The van der Waals surface area contributed by atoms with Crippen molar-refractivity contribution < 1.29 is 0 Å². The fourth-order valence-corrected chi connectivity index (χ4v) is 2.32. The van der Waals surface area contributed by atoms with E-state index in [0.717, 1.165) is 17.7 Å². The van der Waals surface area contributed by atoms with Crippen LogP contribution in [0.2, 0.25) is 0 Å². The van der Waals surface area contributed by atoms with Gasteiger partial charge in [0.05, 0.1) is 5.69 Å². The Hall–Kier alpha value is -2.41. The Morgan fingerprint density at radius 2 is 1.74 bits per heavy atom. The van der Waals surface area contributed by atoms with Gasteiger partial charge in [0.2, 0.25) is 0 Å². The van der Waals surface area contributed by atoms with Gasteiger partial charge >= 0.3 is 0 Å². The van der Waals surface area contributed by atoms with Gasteiger partial charge in [0.1, 0.15) is 0 Å². The molecule has 0 aliphatic carbocycles. The van der Waals surface area contributed by atoms with Crippen molar-refractivity contribution in [3.8, 4) is 11.3 Å². The zero-order valence-electron chi connectivity index (χ0n) is 10.7. The molecule has 1 aromatic heterocycles. The van der Waals surface area contributed by atoms with E-state index in [-0.39, 0.29) is 0 Å². The van der Waals surface area contributed by atoms with Crippen LogP contribution in [-0.4, -0.2) is 4.98 Å². The molecule has 1 nitrogen and oxygen atoms in total. The standard InChI is InChI=1S/C18H15N/c1-2-5-14-8-10-16(11-9-14)18-17-7-4-3-6-15(17)12-13-19-18/h2-4,6-13H,1,5H2. The highest BCUT2D eigenvalue weighted by Crippen LogP contribution is 2.26. The molecule has 0 saturated carbocycles. The molecule has 0 unspecified atom stereocenters. The number of rotatable bonds is 3. The number of benzene rings is 2. The van der Waals surface area contributed by atoms with E-state index in [4.69, 9.17) is 0 Å². The average molecular weight is 245 g/mol. The first-order valence-corrected chi connectivity index (χ1v) is 6.42. The quantitative estimate of drug-likeness (QED) is 0.613. The molecule has 19 heavy (non-hydrogen) atoms. The molecule has 0 aliphatic heterocycles. The van der Waals surface area contributed by atoms with Gasteiger partial charge < -0.3 is 0 Å². The lowest BCUT2D eigenvalue weighted by Crippen LogP contribution is -1.87. The molecule has 92 valence electrons. The summed E-state index contributed by atoms with van der Waals surface area (Å²) in [7, 11) is 0. The Bertz CT molecular complexity index is 706. The first-order chi connectivity index (χ1) is 9.38. The molecule has 0 aliphatic rings. The zero-order chi connectivity index (χ0) is 13.1. The number of fused-ring (bicyclic) bond motifs is 1. The molecule has 0 fully saturated rings. The van der Waals surface area contributed by atoms with Crippen LogP contribution in [0.3, 0.4) is 0 Å². The van der Waals surface area contributed by atoms with Crippen molar-refractivity contribution in [3.05, 3.63) is 79.0 Å². The van der Waals surface area contributed by atoms with Crippen molar-refractivity contribution in [2.24, 2.45) is 0 Å². The third kappa shape index (κ3) is 2.27. The van der Waals surface area contributed by atoms with E-state index in [1.54, 1.807) is 0 Å². The van der Waals surface area contributed by atoms with Gasteiger partial charge in [-0.25, -0.2) is 0 Å². The van der Waals surface area contributed by atoms with Crippen LogP contribution >= 0.6 is 0 Å². The van der Waals surface area contributed by atoms with Crippen molar-refractivity contribution in [3.63, 3.8) is 0 Å². The summed E-state index contributed by atoms with van der Waals surface area (Å²) < 4.78 is 0. The second kappa shape index (κ2) is 5.07. The number of pyridine rings is 1. The van der Waals surface area contributed by atoms with Gasteiger partial charge in [-0.15, -0.1) is 6.58 Å². The van der Waals surface area contributed by atoms with Gasteiger partial charge in [-0.1, -0.05) is 54.6 Å². The average Bonchev–Trinajstić information content (AvgIpc) is 2.48. The first-order valence-electron chi connectivity index (χ1n) is 6.42. The van der Waals surface area contributed by atoms with E-state index in [1.807, 2.05) is 18.3 Å². The fourth-order valence-electron chi connectivity index (χ4n) is 2.32. The highest BCUT2D eigenvalue weighted by molar-refractivity contribution is 5.94. The van der Waals surface area contributed by atoms with Crippen LogP contribution in [0.1, 0.15) is 5.56 Å². The van der Waals surface area contributed by atoms with Crippen LogP contribution in [0.5, 0.6) is 0 Å². The monoisotopic (exact) mass is 245 g/mol. The van der Waals surface area contributed by atoms with Gasteiger partial charge in [0.25, 0.3) is 0 Å². The van der Waals surface area contributed by atoms with Crippen molar-refractivity contribution in [2.75, 3.05) is 0 Å². The highest BCUT2D eigenvalue weighted by Gasteiger charge is 2.04. The zero-order valence-corrected chi connectivity index (χ0v) is 10.7. The third-order valence-corrected chi connectivity index (χ3v) is 3.28.